The SMILES string of the molecule is C=CCN(CC(=O)Nc1ccc(C)cc1Cl)Cc1ccc(OC)cc1. The van der Waals surface area contributed by atoms with E-state index >= 15 is 0 Å². The van der Waals surface area contributed by atoms with Gasteiger partial charge in [-0.1, -0.05) is 35.9 Å². The molecule has 0 spiro atoms. The van der Waals surface area contributed by atoms with Crippen LogP contribution in [-0.4, -0.2) is 31.0 Å². The fourth-order valence-electron chi connectivity index (χ4n) is 2.47. The average Bonchev–Trinajstić information content (AvgIpc) is 2.58. The Hall–Kier alpha value is -2.30. The molecule has 0 aliphatic rings. The molecule has 25 heavy (non-hydrogen) atoms. The summed E-state index contributed by atoms with van der Waals surface area (Å²) in [6.45, 7) is 7.23. The molecule has 2 aromatic carbocycles. The maximum Gasteiger partial charge on any atom is 0.238 e. The highest BCUT2D eigenvalue weighted by Crippen LogP contribution is 2.22. The van der Waals surface area contributed by atoms with Gasteiger partial charge in [-0.15, -0.1) is 6.58 Å². The van der Waals surface area contributed by atoms with Crippen LogP contribution in [0.5, 0.6) is 5.75 Å². The summed E-state index contributed by atoms with van der Waals surface area (Å²) in [4.78, 5) is 14.4. The molecule has 0 aromatic heterocycles. The summed E-state index contributed by atoms with van der Waals surface area (Å²) in [5, 5.41) is 3.40. The second-order valence-corrected chi connectivity index (χ2v) is 6.25. The van der Waals surface area contributed by atoms with E-state index in [1.165, 1.54) is 0 Å². The van der Waals surface area contributed by atoms with Gasteiger partial charge in [-0.3, -0.25) is 9.69 Å². The lowest BCUT2D eigenvalue weighted by molar-refractivity contribution is -0.117. The lowest BCUT2D eigenvalue weighted by Gasteiger charge is -2.20. The van der Waals surface area contributed by atoms with Gasteiger partial charge in [-0.05, 0) is 42.3 Å². The van der Waals surface area contributed by atoms with Crippen LogP contribution in [0.1, 0.15) is 11.1 Å². The van der Waals surface area contributed by atoms with Crippen molar-refractivity contribution < 1.29 is 9.53 Å². The molecule has 0 atom stereocenters. The van der Waals surface area contributed by atoms with Crippen LogP contribution >= 0.6 is 11.6 Å². The summed E-state index contributed by atoms with van der Waals surface area (Å²) in [6.07, 6.45) is 1.79. The molecule has 132 valence electrons. The summed E-state index contributed by atoms with van der Waals surface area (Å²) in [7, 11) is 1.64. The van der Waals surface area contributed by atoms with Crippen LogP contribution in [-0.2, 0) is 11.3 Å². The summed E-state index contributed by atoms with van der Waals surface area (Å²) in [5.74, 6) is 0.701. The minimum Gasteiger partial charge on any atom is -0.497 e. The number of aryl methyl sites for hydroxylation is 1. The normalized spacial score (nSPS) is 10.6. The number of halogens is 1. The van der Waals surface area contributed by atoms with E-state index in [1.807, 2.05) is 54.3 Å². The quantitative estimate of drug-likeness (QED) is 0.716. The molecule has 0 fully saturated rings. The van der Waals surface area contributed by atoms with Crippen LogP contribution in [0.25, 0.3) is 0 Å². The molecule has 2 aromatic rings. The van der Waals surface area contributed by atoms with E-state index in [2.05, 4.69) is 11.9 Å². The van der Waals surface area contributed by atoms with E-state index in [0.29, 0.717) is 23.8 Å². The van der Waals surface area contributed by atoms with E-state index in [4.69, 9.17) is 16.3 Å². The number of nitrogens with one attached hydrogen (secondary N) is 1. The van der Waals surface area contributed by atoms with Crippen molar-refractivity contribution in [1.29, 1.82) is 0 Å². The van der Waals surface area contributed by atoms with E-state index in [0.717, 1.165) is 16.9 Å². The van der Waals surface area contributed by atoms with Crippen LogP contribution < -0.4 is 10.1 Å². The lowest BCUT2D eigenvalue weighted by Crippen LogP contribution is -2.33. The maximum atomic E-state index is 12.4. The van der Waals surface area contributed by atoms with Crippen LogP contribution in [0, 0.1) is 6.92 Å². The topological polar surface area (TPSA) is 41.6 Å². The number of carbonyl (C=O) groups is 1. The minimum absolute atomic E-state index is 0.110. The Morgan fingerprint density at radius 1 is 1.28 bits per heavy atom. The highest BCUT2D eigenvalue weighted by atomic mass is 35.5. The Balaban J connectivity index is 1.99. The summed E-state index contributed by atoms with van der Waals surface area (Å²) >= 11 is 6.17. The van der Waals surface area contributed by atoms with Crippen molar-refractivity contribution in [3.63, 3.8) is 0 Å². The molecule has 5 heteroatoms. The van der Waals surface area contributed by atoms with Gasteiger partial charge >= 0.3 is 0 Å². The van der Waals surface area contributed by atoms with Gasteiger partial charge in [-0.2, -0.15) is 0 Å². The van der Waals surface area contributed by atoms with Crippen molar-refractivity contribution >= 4 is 23.2 Å². The first-order valence-corrected chi connectivity index (χ1v) is 8.42. The van der Waals surface area contributed by atoms with Crippen molar-refractivity contribution in [2.45, 2.75) is 13.5 Å². The number of hydrogen-bond donors (Lipinski definition) is 1. The number of hydrogen-bond acceptors (Lipinski definition) is 3. The number of anilines is 1. The first-order chi connectivity index (χ1) is 12.0. The van der Waals surface area contributed by atoms with Gasteiger partial charge in [0, 0.05) is 13.1 Å². The molecule has 0 heterocycles. The predicted molar refractivity (Wildman–Crippen MR) is 103 cm³/mol. The molecule has 0 aliphatic heterocycles. The maximum absolute atomic E-state index is 12.4. The predicted octanol–water partition coefficient (Wildman–Crippen LogP) is 4.28. The zero-order chi connectivity index (χ0) is 18.2. The number of methoxy groups -OCH3 is 1. The molecule has 0 radical (unpaired) electrons. The number of amides is 1. The number of ether oxygens (including phenoxy) is 1. The van der Waals surface area contributed by atoms with Gasteiger partial charge in [-0.25, -0.2) is 0 Å². The van der Waals surface area contributed by atoms with E-state index in [1.54, 1.807) is 13.2 Å². The molecule has 1 N–H and O–H groups in total. The molecule has 0 unspecified atom stereocenters. The van der Waals surface area contributed by atoms with Gasteiger partial charge < -0.3 is 10.1 Å². The van der Waals surface area contributed by atoms with Crippen LogP contribution in [0.4, 0.5) is 5.69 Å². The van der Waals surface area contributed by atoms with Crippen molar-refractivity contribution in [1.82, 2.24) is 4.90 Å². The molecular weight excluding hydrogens is 336 g/mol. The molecule has 2 rings (SSSR count). The monoisotopic (exact) mass is 358 g/mol. The molecule has 4 nitrogen and oxygen atoms in total. The molecule has 1 amide bonds. The summed E-state index contributed by atoms with van der Waals surface area (Å²) in [6, 6.07) is 13.4. The third kappa shape index (κ3) is 5.93. The zero-order valence-electron chi connectivity index (χ0n) is 14.6. The third-order valence-corrected chi connectivity index (χ3v) is 4.03. The van der Waals surface area contributed by atoms with Gasteiger partial charge in [0.05, 0.1) is 24.4 Å². The van der Waals surface area contributed by atoms with Crippen molar-refractivity contribution in [3.8, 4) is 5.75 Å². The standard InChI is InChI=1S/C20H23ClN2O2/c1-4-11-23(13-16-6-8-17(25-3)9-7-16)14-20(24)22-19-10-5-15(2)12-18(19)21/h4-10,12H,1,11,13-14H2,2-3H3,(H,22,24). The molecule has 0 saturated carbocycles. The number of nitrogens with zero attached hydrogens (tertiary/aromatic N) is 1. The minimum atomic E-state index is -0.110. The number of benzene rings is 2. The zero-order valence-corrected chi connectivity index (χ0v) is 15.3. The molecule has 0 bridgehead atoms. The van der Waals surface area contributed by atoms with E-state index in [9.17, 15) is 4.79 Å². The Kier molecular flexibility index (Phi) is 7.04. The lowest BCUT2D eigenvalue weighted by atomic mass is 10.2. The highest BCUT2D eigenvalue weighted by Gasteiger charge is 2.12. The van der Waals surface area contributed by atoms with Gasteiger partial charge in [0.25, 0.3) is 0 Å². The van der Waals surface area contributed by atoms with Gasteiger partial charge in [0.1, 0.15) is 5.75 Å². The second-order valence-electron chi connectivity index (χ2n) is 5.84. The second kappa shape index (κ2) is 9.25. The van der Waals surface area contributed by atoms with E-state index in [-0.39, 0.29) is 12.5 Å². The largest absolute Gasteiger partial charge is 0.497 e. The summed E-state index contributed by atoms with van der Waals surface area (Å²) < 4.78 is 5.17. The fourth-order valence-corrected chi connectivity index (χ4v) is 2.75. The third-order valence-electron chi connectivity index (χ3n) is 3.72. The van der Waals surface area contributed by atoms with Gasteiger partial charge in [0.2, 0.25) is 5.91 Å². The first-order valence-electron chi connectivity index (χ1n) is 8.04. The van der Waals surface area contributed by atoms with Crippen molar-refractivity contribution in [2.24, 2.45) is 0 Å². The Morgan fingerprint density at radius 3 is 2.60 bits per heavy atom. The van der Waals surface area contributed by atoms with Gasteiger partial charge in [0.15, 0.2) is 0 Å². The van der Waals surface area contributed by atoms with Crippen LogP contribution in [0.3, 0.4) is 0 Å². The summed E-state index contributed by atoms with van der Waals surface area (Å²) in [5.41, 5.74) is 2.78. The molecule has 0 aliphatic carbocycles. The van der Waals surface area contributed by atoms with Crippen molar-refractivity contribution in [3.05, 3.63) is 71.3 Å². The number of rotatable bonds is 8. The fraction of sp³-hybridized carbons (Fsp3) is 0.250. The Bertz CT molecular complexity index is 729. The Labute approximate surface area is 154 Å². The first kappa shape index (κ1) is 19.0. The van der Waals surface area contributed by atoms with Crippen LogP contribution in [0.15, 0.2) is 55.1 Å². The average molecular weight is 359 g/mol. The highest BCUT2D eigenvalue weighted by molar-refractivity contribution is 6.33. The van der Waals surface area contributed by atoms with Crippen molar-refractivity contribution in [2.75, 3.05) is 25.5 Å². The molecule has 0 saturated heterocycles. The van der Waals surface area contributed by atoms with Crippen LogP contribution in [0.2, 0.25) is 5.02 Å². The molecular formula is C20H23ClN2O2. The smallest absolute Gasteiger partial charge is 0.238 e. The van der Waals surface area contributed by atoms with E-state index < -0.39 is 0 Å². The number of carbonyl (C=O) groups excluding carboxylic acids is 1. The Morgan fingerprint density at radius 2 is 2.00 bits per heavy atom.